The van der Waals surface area contributed by atoms with Gasteiger partial charge in [-0.3, -0.25) is 0 Å². The second-order valence-corrected chi connectivity index (χ2v) is 9.09. The quantitative estimate of drug-likeness (QED) is 0.259. The summed E-state index contributed by atoms with van der Waals surface area (Å²) in [7, 11) is 1.67. The van der Waals surface area contributed by atoms with Crippen LogP contribution in [0.3, 0.4) is 0 Å². The standard InChI is InChI=1S/C30H23ClN4O/c1-36-24-15-12-20(13-16-24)27-19-28(21-8-4-2-5-9-21)35(34-27)30-32-26-17-14-23(31)18-25(26)29(33-30)22-10-6-3-7-11-22/h2-18,28H,19H2,1H3/t28-/m0/s1. The average Bonchev–Trinajstić information content (AvgIpc) is 3.39. The van der Waals surface area contributed by atoms with Crippen LogP contribution in [0.5, 0.6) is 5.75 Å². The molecule has 4 aromatic carbocycles. The van der Waals surface area contributed by atoms with Crippen LogP contribution in [0.1, 0.15) is 23.6 Å². The van der Waals surface area contributed by atoms with Gasteiger partial charge in [-0.15, -0.1) is 0 Å². The highest BCUT2D eigenvalue weighted by Crippen LogP contribution is 2.38. The highest BCUT2D eigenvalue weighted by Gasteiger charge is 2.32. The zero-order valence-corrected chi connectivity index (χ0v) is 20.4. The molecule has 5 nitrogen and oxygen atoms in total. The van der Waals surface area contributed by atoms with Crippen LogP contribution < -0.4 is 9.75 Å². The molecule has 0 fully saturated rings. The minimum atomic E-state index is -0.0309. The van der Waals surface area contributed by atoms with Gasteiger partial charge in [0.05, 0.1) is 30.1 Å². The van der Waals surface area contributed by atoms with Crippen LogP contribution in [0.4, 0.5) is 5.95 Å². The molecule has 176 valence electrons. The molecule has 0 amide bonds. The lowest BCUT2D eigenvalue weighted by atomic mass is 9.98. The molecule has 0 N–H and O–H groups in total. The first-order valence-electron chi connectivity index (χ1n) is 11.8. The van der Waals surface area contributed by atoms with E-state index in [1.54, 1.807) is 7.11 Å². The minimum absolute atomic E-state index is 0.0309. The number of aromatic nitrogens is 2. The largest absolute Gasteiger partial charge is 0.497 e. The van der Waals surface area contributed by atoms with Gasteiger partial charge in [0, 0.05) is 22.4 Å². The Morgan fingerprint density at radius 3 is 2.25 bits per heavy atom. The molecule has 0 unspecified atom stereocenters. The Morgan fingerprint density at radius 2 is 1.53 bits per heavy atom. The molecule has 5 aromatic rings. The number of anilines is 1. The summed E-state index contributed by atoms with van der Waals surface area (Å²) in [5, 5.41) is 8.57. The van der Waals surface area contributed by atoms with Crippen molar-refractivity contribution in [3.63, 3.8) is 0 Å². The Bertz CT molecular complexity index is 1550. The Labute approximate surface area is 214 Å². The Balaban J connectivity index is 1.52. The average molecular weight is 491 g/mol. The van der Waals surface area contributed by atoms with Crippen LogP contribution in [0.25, 0.3) is 22.2 Å². The van der Waals surface area contributed by atoms with Crippen LogP contribution in [0.15, 0.2) is 108 Å². The molecule has 6 heteroatoms. The lowest BCUT2D eigenvalue weighted by Crippen LogP contribution is -2.21. The summed E-state index contributed by atoms with van der Waals surface area (Å²) in [6, 6.07) is 34.2. The van der Waals surface area contributed by atoms with Crippen molar-refractivity contribution in [2.24, 2.45) is 5.10 Å². The van der Waals surface area contributed by atoms with E-state index in [1.807, 2.05) is 71.7 Å². The predicted octanol–water partition coefficient (Wildman–Crippen LogP) is 7.31. The van der Waals surface area contributed by atoms with Gasteiger partial charge < -0.3 is 4.74 Å². The zero-order valence-electron chi connectivity index (χ0n) is 19.7. The van der Waals surface area contributed by atoms with Gasteiger partial charge in [-0.25, -0.2) is 15.0 Å². The summed E-state index contributed by atoms with van der Waals surface area (Å²) in [6.07, 6.45) is 0.735. The lowest BCUT2D eigenvalue weighted by Gasteiger charge is -2.23. The molecule has 2 heterocycles. The van der Waals surface area contributed by atoms with Crippen molar-refractivity contribution in [2.75, 3.05) is 12.1 Å². The van der Waals surface area contributed by atoms with E-state index in [2.05, 4.69) is 36.4 Å². The third kappa shape index (κ3) is 4.18. The van der Waals surface area contributed by atoms with E-state index in [1.165, 1.54) is 0 Å². The maximum absolute atomic E-state index is 6.36. The number of fused-ring (bicyclic) bond motifs is 1. The summed E-state index contributed by atoms with van der Waals surface area (Å²) in [5.41, 5.74) is 5.85. The van der Waals surface area contributed by atoms with Gasteiger partial charge in [0.2, 0.25) is 5.95 Å². The summed E-state index contributed by atoms with van der Waals surface area (Å²) < 4.78 is 5.34. The number of rotatable bonds is 5. The number of hydrazone groups is 1. The number of hydrogen-bond donors (Lipinski definition) is 0. The van der Waals surface area contributed by atoms with Gasteiger partial charge in [0.25, 0.3) is 0 Å². The molecule has 0 aliphatic carbocycles. The Morgan fingerprint density at radius 1 is 0.806 bits per heavy atom. The van der Waals surface area contributed by atoms with Crippen molar-refractivity contribution >= 4 is 34.2 Å². The van der Waals surface area contributed by atoms with E-state index in [0.29, 0.717) is 11.0 Å². The molecule has 0 spiro atoms. The molecule has 0 bridgehead atoms. The summed E-state index contributed by atoms with van der Waals surface area (Å²) in [6.45, 7) is 0. The number of methoxy groups -OCH3 is 1. The second-order valence-electron chi connectivity index (χ2n) is 8.65. The van der Waals surface area contributed by atoms with Crippen molar-refractivity contribution < 1.29 is 4.74 Å². The first kappa shape index (κ1) is 22.3. The molecule has 1 atom stereocenters. The van der Waals surface area contributed by atoms with Crippen LogP contribution >= 0.6 is 11.6 Å². The fraction of sp³-hybridized carbons (Fsp3) is 0.100. The summed E-state index contributed by atoms with van der Waals surface area (Å²) in [4.78, 5) is 10.00. The predicted molar refractivity (Wildman–Crippen MR) is 146 cm³/mol. The number of benzene rings is 4. The van der Waals surface area contributed by atoms with Crippen LogP contribution in [-0.4, -0.2) is 22.8 Å². The normalized spacial score (nSPS) is 15.2. The Kier molecular flexibility index (Phi) is 5.84. The summed E-state index contributed by atoms with van der Waals surface area (Å²) in [5.74, 6) is 1.37. The van der Waals surface area contributed by atoms with E-state index in [-0.39, 0.29) is 6.04 Å². The van der Waals surface area contributed by atoms with Crippen molar-refractivity contribution in [1.29, 1.82) is 0 Å². The molecular weight excluding hydrogens is 468 g/mol. The van der Waals surface area contributed by atoms with E-state index < -0.39 is 0 Å². The monoisotopic (exact) mass is 490 g/mol. The molecular formula is C30H23ClN4O. The minimum Gasteiger partial charge on any atom is -0.497 e. The number of hydrogen-bond acceptors (Lipinski definition) is 5. The maximum atomic E-state index is 6.36. The Hall–Kier alpha value is -4.22. The van der Waals surface area contributed by atoms with Crippen molar-refractivity contribution in [3.8, 4) is 17.0 Å². The molecule has 6 rings (SSSR count). The van der Waals surface area contributed by atoms with Crippen molar-refractivity contribution in [3.05, 3.63) is 119 Å². The first-order chi connectivity index (χ1) is 17.7. The van der Waals surface area contributed by atoms with Crippen molar-refractivity contribution in [1.82, 2.24) is 9.97 Å². The SMILES string of the molecule is COc1ccc(C2=NN(c3nc(-c4ccccc4)c4cc(Cl)ccc4n3)[C@H](c3ccccc3)C2)cc1. The van der Waals surface area contributed by atoms with E-state index in [4.69, 9.17) is 31.4 Å². The second kappa shape index (κ2) is 9.44. The van der Waals surface area contributed by atoms with Crippen LogP contribution in [-0.2, 0) is 0 Å². The smallest absolute Gasteiger partial charge is 0.247 e. The summed E-state index contributed by atoms with van der Waals surface area (Å²) >= 11 is 6.36. The third-order valence-electron chi connectivity index (χ3n) is 6.42. The van der Waals surface area contributed by atoms with E-state index >= 15 is 0 Å². The molecule has 1 aliphatic rings. The number of nitrogens with zero attached hydrogens (tertiary/aromatic N) is 4. The molecule has 0 saturated carbocycles. The maximum Gasteiger partial charge on any atom is 0.247 e. The molecule has 0 saturated heterocycles. The first-order valence-corrected chi connectivity index (χ1v) is 12.2. The number of halogens is 1. The van der Waals surface area contributed by atoms with Gasteiger partial charge >= 0.3 is 0 Å². The number of ether oxygens (including phenoxy) is 1. The van der Waals surface area contributed by atoms with Gasteiger partial charge in [0.15, 0.2) is 0 Å². The topological polar surface area (TPSA) is 50.6 Å². The van der Waals surface area contributed by atoms with Gasteiger partial charge in [0.1, 0.15) is 5.75 Å². The molecule has 36 heavy (non-hydrogen) atoms. The van der Waals surface area contributed by atoms with Crippen LogP contribution in [0.2, 0.25) is 5.02 Å². The highest BCUT2D eigenvalue weighted by atomic mass is 35.5. The molecule has 1 aromatic heterocycles. The van der Waals surface area contributed by atoms with Gasteiger partial charge in [-0.05, 0) is 53.6 Å². The van der Waals surface area contributed by atoms with Gasteiger partial charge in [-0.2, -0.15) is 5.10 Å². The van der Waals surface area contributed by atoms with Crippen LogP contribution in [0, 0.1) is 0 Å². The lowest BCUT2D eigenvalue weighted by molar-refractivity contribution is 0.415. The highest BCUT2D eigenvalue weighted by molar-refractivity contribution is 6.31. The van der Waals surface area contributed by atoms with Gasteiger partial charge in [-0.1, -0.05) is 72.3 Å². The molecule has 0 radical (unpaired) electrons. The fourth-order valence-electron chi connectivity index (χ4n) is 4.59. The zero-order chi connectivity index (χ0) is 24.5. The van der Waals surface area contributed by atoms with E-state index in [0.717, 1.165) is 51.2 Å². The van der Waals surface area contributed by atoms with Crippen molar-refractivity contribution in [2.45, 2.75) is 12.5 Å². The molecule has 1 aliphatic heterocycles. The van der Waals surface area contributed by atoms with E-state index in [9.17, 15) is 0 Å². The third-order valence-corrected chi connectivity index (χ3v) is 6.65. The fourth-order valence-corrected chi connectivity index (χ4v) is 4.77.